The van der Waals surface area contributed by atoms with Gasteiger partial charge in [-0.15, -0.1) is 11.8 Å². The fraction of sp³-hybridized carbons (Fsp3) is 0.448. The van der Waals surface area contributed by atoms with Crippen LogP contribution >= 0.6 is 11.8 Å². The first-order valence-corrected chi connectivity index (χ1v) is 14.2. The molecular weight excluding hydrogens is 486 g/mol. The molecule has 1 aromatic heterocycles. The highest BCUT2D eigenvalue weighted by Gasteiger charge is 2.28. The quantitative estimate of drug-likeness (QED) is 0.350. The molecule has 3 heterocycles. The van der Waals surface area contributed by atoms with Crippen LogP contribution in [0.2, 0.25) is 0 Å². The monoisotopic (exact) mass is 521 g/mol. The number of benzene rings is 2. The Labute approximate surface area is 223 Å². The molecule has 8 heteroatoms. The molecule has 5 rings (SSSR count). The van der Waals surface area contributed by atoms with Crippen molar-refractivity contribution in [3.63, 3.8) is 0 Å². The summed E-state index contributed by atoms with van der Waals surface area (Å²) in [6, 6.07) is 14.1. The summed E-state index contributed by atoms with van der Waals surface area (Å²) in [5.41, 5.74) is 2.53. The van der Waals surface area contributed by atoms with Gasteiger partial charge in [-0.05, 0) is 62.3 Å². The number of carbonyl (C=O) groups excluding carboxylic acids is 1. The van der Waals surface area contributed by atoms with Gasteiger partial charge in [0.25, 0.3) is 5.91 Å². The molecule has 1 atom stereocenters. The number of hydrogen-bond acceptors (Lipinski definition) is 7. The van der Waals surface area contributed by atoms with E-state index < -0.39 is 0 Å². The molecule has 0 N–H and O–H groups in total. The van der Waals surface area contributed by atoms with E-state index in [1.165, 1.54) is 4.90 Å². The molecule has 2 aromatic carbocycles. The van der Waals surface area contributed by atoms with Crippen LogP contribution < -0.4 is 14.4 Å². The van der Waals surface area contributed by atoms with E-state index in [9.17, 15) is 4.79 Å². The van der Waals surface area contributed by atoms with Crippen LogP contribution in [0, 0.1) is 0 Å². The molecule has 2 aliphatic rings. The normalized spacial score (nSPS) is 17.4. The van der Waals surface area contributed by atoms with Crippen molar-refractivity contribution in [1.29, 1.82) is 0 Å². The number of methoxy groups -OCH3 is 2. The molecule has 0 spiro atoms. The van der Waals surface area contributed by atoms with Crippen LogP contribution in [0.3, 0.4) is 0 Å². The third-order valence-corrected chi connectivity index (χ3v) is 7.94. The molecule has 3 aromatic rings. The highest BCUT2D eigenvalue weighted by molar-refractivity contribution is 7.98. The van der Waals surface area contributed by atoms with Crippen LogP contribution in [0.5, 0.6) is 11.5 Å². The first kappa shape index (κ1) is 25.7. The summed E-state index contributed by atoms with van der Waals surface area (Å²) in [5, 5.41) is 1.08. The number of para-hydroxylation sites is 1. The van der Waals surface area contributed by atoms with Gasteiger partial charge in [-0.1, -0.05) is 12.1 Å². The molecule has 0 bridgehead atoms. The highest BCUT2D eigenvalue weighted by atomic mass is 32.2. The molecule has 37 heavy (non-hydrogen) atoms. The molecule has 7 nitrogen and oxygen atoms in total. The lowest BCUT2D eigenvalue weighted by molar-refractivity contribution is 0.0504. The van der Waals surface area contributed by atoms with E-state index in [4.69, 9.17) is 19.2 Å². The molecular formula is C29H35N3O4S. The topological polar surface area (TPSA) is 64.1 Å². The molecule has 1 unspecified atom stereocenters. The molecule has 196 valence electrons. The van der Waals surface area contributed by atoms with Gasteiger partial charge >= 0.3 is 0 Å². The van der Waals surface area contributed by atoms with Gasteiger partial charge in [-0.25, -0.2) is 4.98 Å². The minimum absolute atomic E-state index is 0.0216. The second-order valence-corrected chi connectivity index (χ2v) is 10.5. The Bertz CT molecular complexity index is 1260. The van der Waals surface area contributed by atoms with Crippen molar-refractivity contribution in [2.24, 2.45) is 0 Å². The van der Waals surface area contributed by atoms with Crippen molar-refractivity contribution in [3.8, 4) is 11.5 Å². The standard InChI is InChI=1S/C29H35N3O4S/c1-34-26-10-6-9-24(27(26)35-2)29(33)32(19-22-8-7-15-36-22)18-21-16-20-11-12-23(37-3)17-25(20)30-28(21)31-13-4-5-14-31/h6,9-12,16-17,22H,4-5,7-8,13-15,18-19H2,1-3H3. The van der Waals surface area contributed by atoms with Crippen LogP contribution in [0.25, 0.3) is 10.9 Å². The summed E-state index contributed by atoms with van der Waals surface area (Å²) in [4.78, 5) is 24.7. The van der Waals surface area contributed by atoms with E-state index in [1.807, 2.05) is 17.0 Å². The minimum Gasteiger partial charge on any atom is -0.493 e. The molecule has 2 fully saturated rings. The maximum Gasteiger partial charge on any atom is 0.258 e. The summed E-state index contributed by atoms with van der Waals surface area (Å²) in [6.07, 6.45) is 6.38. The average Bonchev–Trinajstić information content (AvgIpc) is 3.66. The largest absolute Gasteiger partial charge is 0.493 e. The molecule has 2 saturated heterocycles. The van der Waals surface area contributed by atoms with Gasteiger partial charge in [0.05, 0.1) is 31.4 Å². The van der Waals surface area contributed by atoms with Gasteiger partial charge in [-0.2, -0.15) is 0 Å². The van der Waals surface area contributed by atoms with Crippen molar-refractivity contribution >= 4 is 34.4 Å². The zero-order chi connectivity index (χ0) is 25.8. The van der Waals surface area contributed by atoms with Crippen LogP contribution in [0.1, 0.15) is 41.6 Å². The Kier molecular flexibility index (Phi) is 8.05. The van der Waals surface area contributed by atoms with Gasteiger partial charge in [-0.3, -0.25) is 4.79 Å². The summed E-state index contributed by atoms with van der Waals surface area (Å²) >= 11 is 1.72. The van der Waals surface area contributed by atoms with Crippen molar-refractivity contribution in [2.45, 2.75) is 43.2 Å². The van der Waals surface area contributed by atoms with Crippen LogP contribution in [-0.4, -0.2) is 68.6 Å². The number of nitrogens with zero attached hydrogens (tertiary/aromatic N) is 3. The number of thioether (sulfide) groups is 1. The number of amides is 1. The van der Waals surface area contributed by atoms with E-state index in [0.29, 0.717) is 30.2 Å². The minimum atomic E-state index is -0.101. The SMILES string of the molecule is COc1cccc(C(=O)N(Cc2cc3ccc(SC)cc3nc2N2CCCC2)CC2CCCO2)c1OC. The Balaban J connectivity index is 1.55. The van der Waals surface area contributed by atoms with E-state index in [1.54, 1.807) is 32.0 Å². The van der Waals surface area contributed by atoms with E-state index in [0.717, 1.165) is 67.7 Å². The lowest BCUT2D eigenvalue weighted by Gasteiger charge is -2.29. The van der Waals surface area contributed by atoms with Gasteiger partial charge in [0, 0.05) is 48.6 Å². The zero-order valence-corrected chi connectivity index (χ0v) is 22.7. The highest BCUT2D eigenvalue weighted by Crippen LogP contribution is 2.34. The molecule has 0 radical (unpaired) electrons. The number of rotatable bonds is 9. The molecule has 0 aliphatic carbocycles. The number of ether oxygens (including phenoxy) is 3. The van der Waals surface area contributed by atoms with Gasteiger partial charge in [0.15, 0.2) is 11.5 Å². The molecule has 2 aliphatic heterocycles. The van der Waals surface area contributed by atoms with Crippen LogP contribution in [-0.2, 0) is 11.3 Å². The lowest BCUT2D eigenvalue weighted by Crippen LogP contribution is -2.37. The van der Waals surface area contributed by atoms with E-state index >= 15 is 0 Å². The first-order chi connectivity index (χ1) is 18.1. The molecule has 0 saturated carbocycles. The van der Waals surface area contributed by atoms with Crippen molar-refractivity contribution < 1.29 is 19.0 Å². The van der Waals surface area contributed by atoms with Gasteiger partial charge in [0.2, 0.25) is 0 Å². The van der Waals surface area contributed by atoms with Crippen molar-refractivity contribution in [3.05, 3.63) is 53.6 Å². The Morgan fingerprint density at radius 1 is 1.14 bits per heavy atom. The summed E-state index contributed by atoms with van der Waals surface area (Å²) < 4.78 is 17.0. The second-order valence-electron chi connectivity index (χ2n) is 9.59. The Morgan fingerprint density at radius 2 is 1.97 bits per heavy atom. The van der Waals surface area contributed by atoms with Gasteiger partial charge in [0.1, 0.15) is 5.82 Å². The van der Waals surface area contributed by atoms with Gasteiger partial charge < -0.3 is 24.0 Å². The summed E-state index contributed by atoms with van der Waals surface area (Å²) in [7, 11) is 3.16. The van der Waals surface area contributed by atoms with Crippen LogP contribution in [0.15, 0.2) is 47.4 Å². The van der Waals surface area contributed by atoms with Crippen molar-refractivity contribution in [1.82, 2.24) is 9.88 Å². The predicted octanol–water partition coefficient (Wildman–Crippen LogP) is 5.40. The number of hydrogen-bond donors (Lipinski definition) is 0. The smallest absolute Gasteiger partial charge is 0.258 e. The van der Waals surface area contributed by atoms with Crippen LogP contribution in [0.4, 0.5) is 5.82 Å². The Morgan fingerprint density at radius 3 is 2.68 bits per heavy atom. The maximum atomic E-state index is 14.1. The second kappa shape index (κ2) is 11.6. The van der Waals surface area contributed by atoms with Crippen molar-refractivity contribution in [2.75, 3.05) is 51.6 Å². The fourth-order valence-corrected chi connectivity index (χ4v) is 5.75. The van der Waals surface area contributed by atoms with E-state index in [2.05, 4.69) is 35.4 Å². The predicted molar refractivity (Wildman–Crippen MR) is 148 cm³/mol. The fourth-order valence-electron chi connectivity index (χ4n) is 5.31. The summed E-state index contributed by atoms with van der Waals surface area (Å²) in [5.74, 6) is 1.87. The summed E-state index contributed by atoms with van der Waals surface area (Å²) in [6.45, 7) is 3.66. The lowest BCUT2D eigenvalue weighted by atomic mass is 10.1. The zero-order valence-electron chi connectivity index (χ0n) is 21.9. The third-order valence-electron chi connectivity index (χ3n) is 7.22. The Hall–Kier alpha value is -2.97. The third kappa shape index (κ3) is 5.50. The molecule has 1 amide bonds. The number of aromatic nitrogens is 1. The number of fused-ring (bicyclic) bond motifs is 1. The maximum absolute atomic E-state index is 14.1. The number of anilines is 1. The average molecular weight is 522 g/mol. The van der Waals surface area contributed by atoms with E-state index in [-0.39, 0.29) is 12.0 Å². The first-order valence-electron chi connectivity index (χ1n) is 13.0. The number of carbonyl (C=O) groups is 1. The number of pyridine rings is 1.